The van der Waals surface area contributed by atoms with Crippen LogP contribution in [-0.4, -0.2) is 13.9 Å². The summed E-state index contributed by atoms with van der Waals surface area (Å²) in [6.07, 6.45) is 0. The van der Waals surface area contributed by atoms with Crippen LogP contribution in [0.4, 0.5) is 13.2 Å². The minimum Gasteiger partial charge on any atom is -0.374 e. The van der Waals surface area contributed by atoms with E-state index in [-0.39, 0.29) is 12.4 Å². The number of alkyl halides is 3. The van der Waals surface area contributed by atoms with Crippen LogP contribution in [0.3, 0.4) is 0 Å². The first kappa shape index (κ1) is 38.5. The number of halogens is 7. The molecule has 0 saturated carbocycles. The quantitative estimate of drug-likeness (QED) is 0.100. The summed E-state index contributed by atoms with van der Waals surface area (Å²) in [5, 5.41) is 3.84. The Bertz CT molecular complexity index is 2330. The zero-order valence-corrected chi connectivity index (χ0v) is 29.0. The second kappa shape index (κ2) is 16.1. The van der Waals surface area contributed by atoms with Crippen molar-refractivity contribution >= 4 is 78.1 Å². The Morgan fingerprint density at radius 2 is 0.940 bits per heavy atom. The van der Waals surface area contributed by atoms with Crippen molar-refractivity contribution in [3.63, 3.8) is 0 Å². The van der Waals surface area contributed by atoms with Crippen LogP contribution in [0.15, 0.2) is 109 Å². The molecule has 0 atom stereocenters. The molecular weight excluding hydrogens is 747 g/mol. The average Bonchev–Trinajstić information content (AvgIpc) is 3.08. The smallest absolute Gasteiger partial charge is 0.374 e. The van der Waals surface area contributed by atoms with E-state index in [1.54, 1.807) is 13.0 Å². The molecule has 3 nitrogen and oxygen atoms in total. The molecule has 6 aromatic rings. The van der Waals surface area contributed by atoms with Crippen molar-refractivity contribution in [2.45, 2.75) is 19.9 Å². The highest BCUT2D eigenvalue weighted by Crippen LogP contribution is 2.39. The molecule has 254 valence electrons. The van der Waals surface area contributed by atoms with Gasteiger partial charge in [-0.05, 0) is 61.0 Å². The van der Waals surface area contributed by atoms with E-state index in [2.05, 4.69) is 27.9 Å². The molecule has 0 aliphatic heterocycles. The number of benzene rings is 6. The van der Waals surface area contributed by atoms with Crippen molar-refractivity contribution in [2.24, 2.45) is 0 Å². The molecule has 11 heteroatoms. The standard InChI is InChI=1S/C26H14Cl2.C12H7Cl2F3O3S.CH4/c27-25-21(13-11-19-7-3-1-4-8-19)15-17-24-23(25)18-16-22(26(24)28)14-12-20-9-5-2-6-10-20;1-6-2-3-8-7(10(6)13)4-5-9(11(8)14)20-21(18,19)12(15,16)17;/h1-10,15-18H;2-5H,1H3;1H4. The lowest BCUT2D eigenvalue weighted by molar-refractivity contribution is -0.0500. The van der Waals surface area contributed by atoms with Gasteiger partial charge in [-0.3, -0.25) is 0 Å². The molecule has 50 heavy (non-hydrogen) atoms. The van der Waals surface area contributed by atoms with Crippen molar-refractivity contribution in [3.05, 3.63) is 157 Å². The highest BCUT2D eigenvalue weighted by Gasteiger charge is 2.48. The van der Waals surface area contributed by atoms with Gasteiger partial charge >= 0.3 is 15.6 Å². The van der Waals surface area contributed by atoms with Gasteiger partial charge in [0.25, 0.3) is 0 Å². The van der Waals surface area contributed by atoms with Gasteiger partial charge in [-0.25, -0.2) is 0 Å². The molecule has 6 rings (SSSR count). The van der Waals surface area contributed by atoms with Crippen LogP contribution < -0.4 is 4.18 Å². The van der Waals surface area contributed by atoms with E-state index in [9.17, 15) is 21.6 Å². The van der Waals surface area contributed by atoms with E-state index < -0.39 is 21.4 Å². The van der Waals surface area contributed by atoms with E-state index in [1.165, 1.54) is 12.1 Å². The van der Waals surface area contributed by atoms with Crippen molar-refractivity contribution in [2.75, 3.05) is 0 Å². The Labute approximate surface area is 308 Å². The SMILES string of the molecule is C.Cc1ccc2c(Cl)c(OS(=O)(=O)C(F)(F)F)ccc2c1Cl.Clc1c(C#Cc2ccccc2)ccc2c(Cl)c(C#Cc3ccccc3)ccc12. The minimum absolute atomic E-state index is 0. The van der Waals surface area contributed by atoms with Crippen LogP contribution in [0.1, 0.15) is 35.2 Å². The largest absolute Gasteiger partial charge is 0.534 e. The Kier molecular flexibility index (Phi) is 12.4. The molecule has 0 saturated heterocycles. The molecule has 0 heterocycles. The lowest BCUT2D eigenvalue weighted by Gasteiger charge is -2.12. The van der Waals surface area contributed by atoms with Crippen molar-refractivity contribution in [1.29, 1.82) is 0 Å². The Hall–Kier alpha value is -4.34. The summed E-state index contributed by atoms with van der Waals surface area (Å²) in [4.78, 5) is 0. The Morgan fingerprint density at radius 3 is 1.40 bits per heavy atom. The van der Waals surface area contributed by atoms with Crippen molar-refractivity contribution < 1.29 is 25.8 Å². The monoisotopic (exact) mass is 770 g/mol. The first-order valence-electron chi connectivity index (χ1n) is 14.2. The summed E-state index contributed by atoms with van der Waals surface area (Å²) in [6, 6.07) is 32.9. The molecule has 0 aromatic heterocycles. The molecule has 0 aliphatic carbocycles. The fourth-order valence-electron chi connectivity index (χ4n) is 4.50. The van der Waals surface area contributed by atoms with Gasteiger partial charge in [0.2, 0.25) is 0 Å². The second-order valence-electron chi connectivity index (χ2n) is 10.3. The molecule has 0 unspecified atom stereocenters. The van der Waals surface area contributed by atoms with Gasteiger partial charge in [-0.2, -0.15) is 21.6 Å². The van der Waals surface area contributed by atoms with E-state index in [1.807, 2.05) is 84.9 Å². The second-order valence-corrected chi connectivity index (χ2v) is 13.4. The van der Waals surface area contributed by atoms with Gasteiger partial charge in [0, 0.05) is 43.8 Å². The van der Waals surface area contributed by atoms with Gasteiger partial charge in [0.1, 0.15) is 0 Å². The molecule has 0 fully saturated rings. The lowest BCUT2D eigenvalue weighted by Crippen LogP contribution is -2.28. The van der Waals surface area contributed by atoms with Crippen LogP contribution in [0, 0.1) is 30.6 Å². The minimum atomic E-state index is -5.78. The van der Waals surface area contributed by atoms with E-state index in [0.717, 1.165) is 44.7 Å². The predicted octanol–water partition coefficient (Wildman–Crippen LogP) is 12.3. The highest BCUT2D eigenvalue weighted by molar-refractivity contribution is 7.88. The summed E-state index contributed by atoms with van der Waals surface area (Å²) >= 11 is 25.2. The summed E-state index contributed by atoms with van der Waals surface area (Å²) in [7, 11) is -5.78. The van der Waals surface area contributed by atoms with Crippen LogP contribution >= 0.6 is 46.4 Å². The number of rotatable bonds is 2. The maximum absolute atomic E-state index is 12.3. The van der Waals surface area contributed by atoms with Crippen molar-refractivity contribution in [3.8, 4) is 29.4 Å². The van der Waals surface area contributed by atoms with E-state index >= 15 is 0 Å². The third kappa shape index (κ3) is 8.68. The van der Waals surface area contributed by atoms with Gasteiger partial charge in [0.15, 0.2) is 5.75 Å². The first-order chi connectivity index (χ1) is 23.3. The first-order valence-corrected chi connectivity index (χ1v) is 17.1. The normalized spacial score (nSPS) is 10.9. The van der Waals surface area contributed by atoms with E-state index in [0.29, 0.717) is 25.8 Å². The number of hydrogen-bond donors (Lipinski definition) is 0. The maximum atomic E-state index is 12.3. The molecule has 0 radical (unpaired) electrons. The molecule has 0 N–H and O–H groups in total. The van der Waals surface area contributed by atoms with Gasteiger partial charge < -0.3 is 4.18 Å². The van der Waals surface area contributed by atoms with Crippen LogP contribution in [0.25, 0.3) is 21.5 Å². The van der Waals surface area contributed by atoms with Gasteiger partial charge in [-0.1, -0.05) is 138 Å². The third-order valence-corrected chi connectivity index (χ3v) is 9.68. The van der Waals surface area contributed by atoms with Crippen LogP contribution in [-0.2, 0) is 10.1 Å². The molecule has 6 aromatic carbocycles. The van der Waals surface area contributed by atoms with Crippen LogP contribution in [0.2, 0.25) is 20.1 Å². The molecule has 0 spiro atoms. The maximum Gasteiger partial charge on any atom is 0.534 e. The van der Waals surface area contributed by atoms with Crippen LogP contribution in [0.5, 0.6) is 5.75 Å². The Balaban J connectivity index is 0.000000230. The van der Waals surface area contributed by atoms with Crippen molar-refractivity contribution in [1.82, 2.24) is 0 Å². The Morgan fingerprint density at radius 1 is 0.540 bits per heavy atom. The summed E-state index contributed by atoms with van der Waals surface area (Å²) in [5.74, 6) is 12.0. The lowest BCUT2D eigenvalue weighted by atomic mass is 10.0. The molecule has 0 amide bonds. The zero-order valence-electron chi connectivity index (χ0n) is 25.2. The topological polar surface area (TPSA) is 43.4 Å². The van der Waals surface area contributed by atoms with Gasteiger partial charge in [-0.15, -0.1) is 0 Å². The summed E-state index contributed by atoms with van der Waals surface area (Å²) in [6.45, 7) is 1.74. The van der Waals surface area contributed by atoms with E-state index in [4.69, 9.17) is 46.4 Å². The number of fused-ring (bicyclic) bond motifs is 2. The molecular formula is C39H25Cl4F3O3S. The fraction of sp³-hybridized carbons (Fsp3) is 0.0769. The summed E-state index contributed by atoms with van der Waals surface area (Å²) in [5.41, 5.74) is -1.34. The number of aryl methyl sites for hydroxylation is 1. The average molecular weight is 772 g/mol. The van der Waals surface area contributed by atoms with Gasteiger partial charge in [0.05, 0.1) is 20.1 Å². The molecule has 0 aliphatic rings. The summed E-state index contributed by atoms with van der Waals surface area (Å²) < 4.78 is 63.0. The number of hydrogen-bond acceptors (Lipinski definition) is 3. The predicted molar refractivity (Wildman–Crippen MR) is 200 cm³/mol. The molecule has 0 bridgehead atoms. The fourth-order valence-corrected chi connectivity index (χ4v) is 6.06. The zero-order chi connectivity index (χ0) is 35.3. The highest BCUT2D eigenvalue weighted by atomic mass is 35.5. The third-order valence-electron chi connectivity index (χ3n) is 7.01.